The van der Waals surface area contributed by atoms with E-state index in [1.807, 2.05) is 0 Å². The summed E-state index contributed by atoms with van der Waals surface area (Å²) in [7, 11) is 0. The molecule has 1 aliphatic heterocycles. The first-order chi connectivity index (χ1) is 8.18. The Morgan fingerprint density at radius 3 is 2.53 bits per heavy atom. The highest BCUT2D eigenvalue weighted by Crippen LogP contribution is 2.07. The van der Waals surface area contributed by atoms with Gasteiger partial charge in [-0.2, -0.15) is 0 Å². The average Bonchev–Trinajstić information content (AvgIpc) is 2.30. The number of rotatable bonds is 7. The maximum Gasteiger partial charge on any atom is 0.313 e. The Morgan fingerprint density at radius 2 is 1.88 bits per heavy atom. The van der Waals surface area contributed by atoms with E-state index in [4.69, 9.17) is 5.11 Å². The van der Waals surface area contributed by atoms with Crippen LogP contribution in [0.15, 0.2) is 0 Å². The molecule has 1 rings (SSSR count). The summed E-state index contributed by atoms with van der Waals surface area (Å²) in [5.41, 5.74) is 0. The van der Waals surface area contributed by atoms with Crippen molar-refractivity contribution in [1.29, 1.82) is 0 Å². The van der Waals surface area contributed by atoms with Crippen LogP contribution in [0.5, 0.6) is 0 Å². The van der Waals surface area contributed by atoms with E-state index in [9.17, 15) is 9.59 Å². The largest absolute Gasteiger partial charge is 0.481 e. The Hall–Kier alpha value is -0.750. The number of aliphatic carboxylic acids is 1. The van der Waals surface area contributed by atoms with Gasteiger partial charge in [0.2, 0.25) is 5.91 Å². The van der Waals surface area contributed by atoms with Crippen LogP contribution in [-0.2, 0) is 9.59 Å². The number of carbonyl (C=O) groups is 2. The molecule has 0 unspecified atom stereocenters. The first-order valence-corrected chi connectivity index (χ1v) is 7.12. The minimum atomic E-state index is -0.879. The molecule has 0 spiro atoms. The van der Waals surface area contributed by atoms with Crippen LogP contribution in [0.25, 0.3) is 0 Å². The van der Waals surface area contributed by atoms with Crippen molar-refractivity contribution < 1.29 is 14.7 Å². The summed E-state index contributed by atoms with van der Waals surface area (Å²) in [6.45, 7) is 3.81. The van der Waals surface area contributed by atoms with E-state index in [0.29, 0.717) is 6.54 Å². The molecule has 0 bridgehead atoms. The predicted molar refractivity (Wildman–Crippen MR) is 68.3 cm³/mol. The smallest absolute Gasteiger partial charge is 0.313 e. The lowest BCUT2D eigenvalue weighted by molar-refractivity contribution is -0.133. The second-order valence-corrected chi connectivity index (χ2v) is 5.12. The SMILES string of the molecule is O=C(O)CSCC(=O)NCCN1CCCCC1. The van der Waals surface area contributed by atoms with Crippen molar-refractivity contribution in [3.63, 3.8) is 0 Å². The van der Waals surface area contributed by atoms with Crippen LogP contribution in [0, 0.1) is 0 Å². The Labute approximate surface area is 106 Å². The molecule has 5 nitrogen and oxygen atoms in total. The Morgan fingerprint density at radius 1 is 1.18 bits per heavy atom. The maximum absolute atomic E-state index is 11.3. The topological polar surface area (TPSA) is 69.6 Å². The first kappa shape index (κ1) is 14.3. The number of hydrogen-bond donors (Lipinski definition) is 2. The molecule has 1 heterocycles. The summed E-state index contributed by atoms with van der Waals surface area (Å²) >= 11 is 1.13. The lowest BCUT2D eigenvalue weighted by Crippen LogP contribution is -2.38. The number of piperidine rings is 1. The van der Waals surface area contributed by atoms with Gasteiger partial charge in [0.25, 0.3) is 0 Å². The van der Waals surface area contributed by atoms with Crippen molar-refractivity contribution >= 4 is 23.6 Å². The highest BCUT2D eigenvalue weighted by molar-refractivity contribution is 8.00. The number of carbonyl (C=O) groups excluding carboxylic acids is 1. The van der Waals surface area contributed by atoms with Gasteiger partial charge in [0.05, 0.1) is 11.5 Å². The third-order valence-electron chi connectivity index (χ3n) is 2.66. The highest BCUT2D eigenvalue weighted by atomic mass is 32.2. The van der Waals surface area contributed by atoms with Crippen LogP contribution < -0.4 is 5.32 Å². The van der Waals surface area contributed by atoms with Gasteiger partial charge in [0.1, 0.15) is 0 Å². The molecule has 98 valence electrons. The molecule has 0 saturated carbocycles. The molecule has 1 fully saturated rings. The number of thioether (sulfide) groups is 1. The zero-order valence-electron chi connectivity index (χ0n) is 9.98. The van der Waals surface area contributed by atoms with Gasteiger partial charge in [0.15, 0.2) is 0 Å². The molecule has 0 radical (unpaired) electrons. The molecule has 0 aromatic rings. The van der Waals surface area contributed by atoms with Crippen LogP contribution in [0.4, 0.5) is 0 Å². The number of carboxylic acids is 1. The van der Waals surface area contributed by atoms with Gasteiger partial charge < -0.3 is 15.3 Å². The van der Waals surface area contributed by atoms with E-state index in [1.165, 1.54) is 19.3 Å². The molecular weight excluding hydrogens is 240 g/mol. The second-order valence-electron chi connectivity index (χ2n) is 4.14. The van der Waals surface area contributed by atoms with Crippen molar-refractivity contribution in [3.05, 3.63) is 0 Å². The van der Waals surface area contributed by atoms with Crippen LogP contribution >= 0.6 is 11.8 Å². The van der Waals surface area contributed by atoms with E-state index >= 15 is 0 Å². The maximum atomic E-state index is 11.3. The van der Waals surface area contributed by atoms with Gasteiger partial charge in [0, 0.05) is 13.1 Å². The first-order valence-electron chi connectivity index (χ1n) is 5.97. The molecule has 2 N–H and O–H groups in total. The fourth-order valence-electron chi connectivity index (χ4n) is 1.82. The van der Waals surface area contributed by atoms with Crippen LogP contribution in [0.2, 0.25) is 0 Å². The fourth-order valence-corrected chi connectivity index (χ4v) is 2.38. The van der Waals surface area contributed by atoms with Crippen molar-refractivity contribution in [2.24, 2.45) is 0 Å². The van der Waals surface area contributed by atoms with E-state index in [0.717, 1.165) is 31.4 Å². The van der Waals surface area contributed by atoms with Crippen molar-refractivity contribution in [3.8, 4) is 0 Å². The number of nitrogens with one attached hydrogen (secondary N) is 1. The van der Waals surface area contributed by atoms with Gasteiger partial charge in [-0.15, -0.1) is 11.8 Å². The minimum absolute atomic E-state index is 0.0143. The van der Waals surface area contributed by atoms with E-state index in [1.54, 1.807) is 0 Å². The quantitative estimate of drug-likeness (QED) is 0.694. The summed E-state index contributed by atoms with van der Waals surface area (Å²) in [6.07, 6.45) is 3.82. The lowest BCUT2D eigenvalue weighted by atomic mass is 10.1. The average molecular weight is 260 g/mol. The van der Waals surface area contributed by atoms with E-state index in [2.05, 4.69) is 10.2 Å². The molecular formula is C11H20N2O3S. The zero-order chi connectivity index (χ0) is 12.5. The molecule has 1 saturated heterocycles. The van der Waals surface area contributed by atoms with Gasteiger partial charge in [-0.25, -0.2) is 0 Å². The number of carboxylic acid groups (broad SMARTS) is 1. The summed E-state index contributed by atoms with van der Waals surface area (Å²) in [6, 6.07) is 0. The third kappa shape index (κ3) is 7.23. The fraction of sp³-hybridized carbons (Fsp3) is 0.818. The van der Waals surface area contributed by atoms with Crippen LogP contribution in [-0.4, -0.2) is 59.6 Å². The normalized spacial score (nSPS) is 16.7. The van der Waals surface area contributed by atoms with E-state index < -0.39 is 5.97 Å². The molecule has 0 aromatic carbocycles. The molecule has 6 heteroatoms. The van der Waals surface area contributed by atoms with Crippen molar-refractivity contribution in [2.45, 2.75) is 19.3 Å². The summed E-state index contributed by atoms with van der Waals surface area (Å²) in [4.78, 5) is 23.9. The molecule has 17 heavy (non-hydrogen) atoms. The molecule has 0 atom stereocenters. The summed E-state index contributed by atoms with van der Waals surface area (Å²) in [5.74, 6) is -0.740. The number of amides is 1. The van der Waals surface area contributed by atoms with E-state index in [-0.39, 0.29) is 17.4 Å². The molecule has 1 amide bonds. The number of likely N-dealkylation sites (tertiary alicyclic amines) is 1. The molecule has 0 aromatic heterocycles. The second kappa shape index (κ2) is 8.36. The predicted octanol–water partition coefficient (Wildman–Crippen LogP) is 0.406. The standard InChI is InChI=1S/C11H20N2O3S/c14-10(8-17-9-11(15)16)12-4-7-13-5-2-1-3-6-13/h1-9H2,(H,12,14)(H,15,16). The Kier molecular flexibility index (Phi) is 7.04. The lowest BCUT2D eigenvalue weighted by Gasteiger charge is -2.26. The zero-order valence-corrected chi connectivity index (χ0v) is 10.8. The van der Waals surface area contributed by atoms with Gasteiger partial charge >= 0.3 is 5.97 Å². The monoisotopic (exact) mass is 260 g/mol. The minimum Gasteiger partial charge on any atom is -0.481 e. The molecule has 1 aliphatic rings. The van der Waals surface area contributed by atoms with Crippen LogP contribution in [0.1, 0.15) is 19.3 Å². The third-order valence-corrected chi connectivity index (χ3v) is 3.57. The number of nitrogens with zero attached hydrogens (tertiary/aromatic N) is 1. The Bertz CT molecular complexity index is 255. The Balaban J connectivity index is 1.97. The van der Waals surface area contributed by atoms with Crippen molar-refractivity contribution in [2.75, 3.05) is 37.7 Å². The van der Waals surface area contributed by atoms with Crippen LogP contribution in [0.3, 0.4) is 0 Å². The van der Waals surface area contributed by atoms with Gasteiger partial charge in [-0.05, 0) is 25.9 Å². The van der Waals surface area contributed by atoms with Gasteiger partial charge in [-0.3, -0.25) is 9.59 Å². The highest BCUT2D eigenvalue weighted by Gasteiger charge is 2.10. The number of hydrogen-bond acceptors (Lipinski definition) is 4. The molecule has 0 aliphatic carbocycles. The van der Waals surface area contributed by atoms with Crippen molar-refractivity contribution in [1.82, 2.24) is 10.2 Å². The van der Waals surface area contributed by atoms with Gasteiger partial charge in [-0.1, -0.05) is 6.42 Å². The summed E-state index contributed by atoms with van der Waals surface area (Å²) < 4.78 is 0. The summed E-state index contributed by atoms with van der Waals surface area (Å²) in [5, 5.41) is 11.2.